The average molecular weight is 326 g/mol. The standard InChI is InChI=1S/C19H22N2O3/c1-4-17(24-16-10-8-13(2)9-11-16)19(23)21-20-18(22)15-7-5-6-14(3)12-15/h5-12,17H,4H2,1-3H3,(H,20,22)(H,21,23). The van der Waals surface area contributed by atoms with E-state index >= 15 is 0 Å². The number of rotatable bonds is 5. The Morgan fingerprint density at radius 2 is 1.71 bits per heavy atom. The lowest BCUT2D eigenvalue weighted by Gasteiger charge is -2.17. The Labute approximate surface area is 142 Å². The second kappa shape index (κ2) is 8.15. The Morgan fingerprint density at radius 3 is 2.33 bits per heavy atom. The van der Waals surface area contributed by atoms with Crippen molar-refractivity contribution in [3.8, 4) is 5.75 Å². The molecule has 0 aliphatic carbocycles. The molecule has 2 N–H and O–H groups in total. The Balaban J connectivity index is 1.92. The lowest BCUT2D eigenvalue weighted by Crippen LogP contribution is -2.47. The third kappa shape index (κ3) is 4.84. The van der Waals surface area contributed by atoms with E-state index in [1.807, 2.05) is 51.1 Å². The molecule has 0 fully saturated rings. The van der Waals surface area contributed by atoms with Crippen molar-refractivity contribution >= 4 is 11.8 Å². The number of carbonyl (C=O) groups excluding carboxylic acids is 2. The molecule has 0 heterocycles. The quantitative estimate of drug-likeness (QED) is 0.830. The van der Waals surface area contributed by atoms with Gasteiger partial charge in [-0.25, -0.2) is 0 Å². The summed E-state index contributed by atoms with van der Waals surface area (Å²) in [6.07, 6.45) is -0.189. The van der Waals surface area contributed by atoms with E-state index in [9.17, 15) is 9.59 Å². The largest absolute Gasteiger partial charge is 0.481 e. The summed E-state index contributed by atoms with van der Waals surface area (Å²) in [7, 11) is 0. The number of carbonyl (C=O) groups is 2. The highest BCUT2D eigenvalue weighted by molar-refractivity contribution is 5.95. The molecule has 2 amide bonds. The van der Waals surface area contributed by atoms with Gasteiger partial charge in [0.15, 0.2) is 6.10 Å². The van der Waals surface area contributed by atoms with Gasteiger partial charge in [0.2, 0.25) is 0 Å². The Morgan fingerprint density at radius 1 is 1.00 bits per heavy atom. The maximum atomic E-state index is 12.2. The van der Waals surface area contributed by atoms with Crippen molar-refractivity contribution in [2.45, 2.75) is 33.3 Å². The molecule has 0 saturated heterocycles. The van der Waals surface area contributed by atoms with Crippen LogP contribution in [0, 0.1) is 13.8 Å². The molecule has 0 aliphatic heterocycles. The number of hydrogen-bond donors (Lipinski definition) is 2. The van der Waals surface area contributed by atoms with Crippen molar-refractivity contribution in [3.05, 3.63) is 65.2 Å². The van der Waals surface area contributed by atoms with Crippen LogP contribution in [0.15, 0.2) is 48.5 Å². The van der Waals surface area contributed by atoms with Crippen LogP contribution in [-0.4, -0.2) is 17.9 Å². The van der Waals surface area contributed by atoms with Gasteiger partial charge in [0.05, 0.1) is 0 Å². The van der Waals surface area contributed by atoms with Crippen LogP contribution in [0.4, 0.5) is 0 Å². The normalized spacial score (nSPS) is 11.5. The number of hydrogen-bond acceptors (Lipinski definition) is 3. The van der Waals surface area contributed by atoms with Crippen LogP contribution in [0.5, 0.6) is 5.75 Å². The van der Waals surface area contributed by atoms with Gasteiger partial charge in [-0.1, -0.05) is 42.3 Å². The first-order valence-corrected chi connectivity index (χ1v) is 7.89. The zero-order chi connectivity index (χ0) is 17.5. The molecule has 0 saturated carbocycles. The molecule has 0 aromatic heterocycles. The zero-order valence-electron chi connectivity index (χ0n) is 14.1. The summed E-state index contributed by atoms with van der Waals surface area (Å²) in [6.45, 7) is 5.73. The van der Waals surface area contributed by atoms with E-state index in [-0.39, 0.29) is 11.8 Å². The second-order valence-corrected chi connectivity index (χ2v) is 5.64. The van der Waals surface area contributed by atoms with Crippen LogP contribution in [-0.2, 0) is 4.79 Å². The van der Waals surface area contributed by atoms with Crippen molar-refractivity contribution in [2.75, 3.05) is 0 Å². The van der Waals surface area contributed by atoms with Crippen LogP contribution in [0.2, 0.25) is 0 Å². The van der Waals surface area contributed by atoms with Gasteiger partial charge in [-0.2, -0.15) is 0 Å². The second-order valence-electron chi connectivity index (χ2n) is 5.64. The number of ether oxygens (including phenoxy) is 1. The number of benzene rings is 2. The first-order valence-electron chi connectivity index (χ1n) is 7.89. The monoisotopic (exact) mass is 326 g/mol. The number of nitrogens with one attached hydrogen (secondary N) is 2. The van der Waals surface area contributed by atoms with Crippen molar-refractivity contribution in [1.29, 1.82) is 0 Å². The molecular formula is C19H22N2O3. The van der Waals surface area contributed by atoms with Crippen molar-refractivity contribution < 1.29 is 14.3 Å². The van der Waals surface area contributed by atoms with E-state index in [1.165, 1.54) is 0 Å². The molecule has 1 atom stereocenters. The molecule has 1 unspecified atom stereocenters. The summed E-state index contributed by atoms with van der Waals surface area (Å²) < 4.78 is 5.67. The minimum Gasteiger partial charge on any atom is -0.481 e. The topological polar surface area (TPSA) is 67.4 Å². The van der Waals surface area contributed by atoms with E-state index < -0.39 is 6.10 Å². The van der Waals surface area contributed by atoms with Gasteiger partial charge in [0.1, 0.15) is 5.75 Å². The molecule has 2 rings (SSSR count). The summed E-state index contributed by atoms with van der Waals surface area (Å²) >= 11 is 0. The first kappa shape index (κ1) is 17.5. The Bertz CT molecular complexity index is 711. The highest BCUT2D eigenvalue weighted by Gasteiger charge is 2.19. The maximum absolute atomic E-state index is 12.2. The maximum Gasteiger partial charge on any atom is 0.279 e. The molecular weight excluding hydrogens is 304 g/mol. The minimum atomic E-state index is -0.675. The van der Waals surface area contributed by atoms with E-state index in [2.05, 4.69) is 10.9 Å². The predicted octanol–water partition coefficient (Wildman–Crippen LogP) is 2.92. The highest BCUT2D eigenvalue weighted by atomic mass is 16.5. The highest BCUT2D eigenvalue weighted by Crippen LogP contribution is 2.14. The number of amides is 2. The van der Waals surface area contributed by atoms with Crippen LogP contribution < -0.4 is 15.6 Å². The average Bonchev–Trinajstić information content (AvgIpc) is 2.58. The molecule has 0 spiro atoms. The van der Waals surface area contributed by atoms with Crippen LogP contribution in [0.3, 0.4) is 0 Å². The molecule has 0 bridgehead atoms. The smallest absolute Gasteiger partial charge is 0.279 e. The zero-order valence-corrected chi connectivity index (χ0v) is 14.1. The molecule has 24 heavy (non-hydrogen) atoms. The lowest BCUT2D eigenvalue weighted by atomic mass is 10.1. The molecule has 5 nitrogen and oxygen atoms in total. The van der Waals surface area contributed by atoms with Gasteiger partial charge in [-0.3, -0.25) is 20.4 Å². The fraction of sp³-hybridized carbons (Fsp3) is 0.263. The van der Waals surface area contributed by atoms with Crippen molar-refractivity contribution in [1.82, 2.24) is 10.9 Å². The van der Waals surface area contributed by atoms with Gasteiger partial charge in [-0.15, -0.1) is 0 Å². The molecule has 2 aromatic rings. The molecule has 0 aliphatic rings. The van der Waals surface area contributed by atoms with Gasteiger partial charge in [0, 0.05) is 5.56 Å². The van der Waals surface area contributed by atoms with Crippen LogP contribution in [0.1, 0.15) is 34.8 Å². The molecule has 126 valence electrons. The van der Waals surface area contributed by atoms with Gasteiger partial charge in [0.25, 0.3) is 11.8 Å². The third-order valence-corrected chi connectivity index (χ3v) is 3.54. The Kier molecular flexibility index (Phi) is 5.95. The van der Waals surface area contributed by atoms with Gasteiger partial charge < -0.3 is 4.74 Å². The van der Waals surface area contributed by atoms with E-state index in [4.69, 9.17) is 4.74 Å². The summed E-state index contributed by atoms with van der Waals surface area (Å²) in [5.41, 5.74) is 7.42. The minimum absolute atomic E-state index is 0.364. The number of hydrazine groups is 1. The first-order chi connectivity index (χ1) is 11.5. The summed E-state index contributed by atoms with van der Waals surface area (Å²) in [4.78, 5) is 24.2. The lowest BCUT2D eigenvalue weighted by molar-refractivity contribution is -0.128. The van der Waals surface area contributed by atoms with Crippen molar-refractivity contribution in [3.63, 3.8) is 0 Å². The molecule has 0 radical (unpaired) electrons. The van der Waals surface area contributed by atoms with E-state index in [1.54, 1.807) is 18.2 Å². The van der Waals surface area contributed by atoms with Crippen molar-refractivity contribution in [2.24, 2.45) is 0 Å². The summed E-state index contributed by atoms with van der Waals surface area (Å²) in [6, 6.07) is 14.6. The van der Waals surface area contributed by atoms with Crippen LogP contribution >= 0.6 is 0 Å². The van der Waals surface area contributed by atoms with E-state index in [0.29, 0.717) is 17.7 Å². The SMILES string of the molecule is CCC(Oc1ccc(C)cc1)C(=O)NNC(=O)c1cccc(C)c1. The fourth-order valence-corrected chi connectivity index (χ4v) is 2.16. The summed E-state index contributed by atoms with van der Waals surface area (Å²) in [5, 5.41) is 0. The third-order valence-electron chi connectivity index (χ3n) is 3.54. The van der Waals surface area contributed by atoms with E-state index in [0.717, 1.165) is 11.1 Å². The van der Waals surface area contributed by atoms with Gasteiger partial charge >= 0.3 is 0 Å². The predicted molar refractivity (Wildman–Crippen MR) is 92.7 cm³/mol. The Hall–Kier alpha value is -2.82. The molecule has 2 aromatic carbocycles. The number of aryl methyl sites for hydroxylation is 2. The van der Waals surface area contributed by atoms with Crippen LogP contribution in [0.25, 0.3) is 0 Å². The summed E-state index contributed by atoms with van der Waals surface area (Å²) in [5.74, 6) is -0.135. The fourth-order valence-electron chi connectivity index (χ4n) is 2.16. The molecule has 5 heteroatoms. The van der Waals surface area contributed by atoms with Gasteiger partial charge in [-0.05, 0) is 44.5 Å².